The molecular weight excluding hydrogens is 884 g/mol. The maximum atomic E-state index is 15.2. The second kappa shape index (κ2) is 15.4. The molecule has 1 saturated heterocycles. The number of anilines is 2. The number of hydrogen-bond donors (Lipinski definition) is 4. The number of amides is 2. The second-order valence-electron chi connectivity index (χ2n) is 16.1. The van der Waals surface area contributed by atoms with Crippen molar-refractivity contribution in [2.75, 3.05) is 29.0 Å². The van der Waals surface area contributed by atoms with Crippen molar-refractivity contribution in [3.05, 3.63) is 82.3 Å². The summed E-state index contributed by atoms with van der Waals surface area (Å²) < 4.78 is 131. The highest BCUT2D eigenvalue weighted by atomic mass is 32.2. The molecule has 8 rings (SSSR count). The first kappa shape index (κ1) is 43.8. The molecule has 1 unspecified atom stereocenters. The van der Waals surface area contributed by atoms with Crippen LogP contribution in [0.1, 0.15) is 66.5 Å². The maximum absolute atomic E-state index is 15.2. The maximum Gasteiger partial charge on any atom is 0.435 e. The summed E-state index contributed by atoms with van der Waals surface area (Å²) in [6.07, 6.45) is -4.90. The fourth-order valence-electron chi connectivity index (χ4n) is 8.29. The van der Waals surface area contributed by atoms with Gasteiger partial charge >= 0.3 is 6.18 Å². The van der Waals surface area contributed by atoms with Gasteiger partial charge in [0, 0.05) is 66.2 Å². The Bertz CT molecular complexity index is 2920. The number of benzene rings is 2. The van der Waals surface area contributed by atoms with E-state index in [2.05, 4.69) is 20.2 Å². The van der Waals surface area contributed by atoms with Crippen LogP contribution in [0.5, 0.6) is 0 Å². The second-order valence-corrected chi connectivity index (χ2v) is 18.8. The van der Waals surface area contributed by atoms with Gasteiger partial charge in [-0.25, -0.2) is 22.2 Å². The van der Waals surface area contributed by atoms with Crippen LogP contribution in [0, 0.1) is 17.0 Å². The van der Waals surface area contributed by atoms with Crippen molar-refractivity contribution in [2.24, 2.45) is 23.9 Å². The van der Waals surface area contributed by atoms with Gasteiger partial charge in [-0.2, -0.15) is 37.1 Å². The number of halogens is 7. The van der Waals surface area contributed by atoms with Gasteiger partial charge in [-0.15, -0.1) is 0 Å². The molecule has 1 aliphatic heterocycles. The SMILES string of the molecule is Cn1nc(NS(C)(=O)=O)c2cccc(-c3cc4sc(N5CCC(C)(C(N)=O)CC5)nc4nc3C(Cc3cc(F)cc(F)c3)NC(=O)Cn3nc(C(F)(F)F)c4c3C(F)(F)C[C@@H]4N)c21. The largest absolute Gasteiger partial charge is 0.435 e. The Labute approximate surface area is 357 Å². The molecule has 24 heteroatoms. The number of rotatable bonds is 11. The van der Waals surface area contributed by atoms with E-state index in [0.29, 0.717) is 58.3 Å². The minimum Gasteiger partial charge on any atom is -0.369 e. The van der Waals surface area contributed by atoms with Crippen molar-refractivity contribution in [3.8, 4) is 11.1 Å². The van der Waals surface area contributed by atoms with E-state index in [9.17, 15) is 40.0 Å². The summed E-state index contributed by atoms with van der Waals surface area (Å²) in [5.74, 6) is -7.36. The summed E-state index contributed by atoms with van der Waals surface area (Å²) in [5.41, 5.74) is 8.18. The van der Waals surface area contributed by atoms with Crippen LogP contribution in [-0.2, 0) is 51.7 Å². The highest BCUT2D eigenvalue weighted by Gasteiger charge is 2.53. The zero-order valence-corrected chi connectivity index (χ0v) is 35.2. The average molecular weight is 922 g/mol. The van der Waals surface area contributed by atoms with Gasteiger partial charge in [0.2, 0.25) is 21.8 Å². The van der Waals surface area contributed by atoms with E-state index in [1.807, 2.05) is 4.90 Å². The molecular formula is C39H38F7N11O4S2. The first-order valence-electron chi connectivity index (χ1n) is 19.3. The molecule has 0 saturated carbocycles. The minimum absolute atomic E-state index is 0.00524. The van der Waals surface area contributed by atoms with E-state index in [1.165, 1.54) is 16.0 Å². The van der Waals surface area contributed by atoms with Crippen molar-refractivity contribution in [1.29, 1.82) is 0 Å². The van der Waals surface area contributed by atoms with Gasteiger partial charge in [0.15, 0.2) is 22.3 Å². The Kier molecular flexibility index (Phi) is 10.7. The highest BCUT2D eigenvalue weighted by Crippen LogP contribution is 2.50. The number of fused-ring (bicyclic) bond motifs is 3. The smallest absolute Gasteiger partial charge is 0.369 e. The summed E-state index contributed by atoms with van der Waals surface area (Å²) in [6.45, 7) is 1.48. The molecule has 2 amide bonds. The number of sulfonamides is 1. The van der Waals surface area contributed by atoms with Gasteiger partial charge in [-0.1, -0.05) is 30.4 Å². The first-order valence-corrected chi connectivity index (χ1v) is 22.0. The molecule has 2 aliphatic rings. The van der Waals surface area contributed by atoms with Crippen LogP contribution < -0.4 is 26.4 Å². The number of nitrogens with zero attached hydrogens (tertiary/aromatic N) is 7. The van der Waals surface area contributed by atoms with E-state index in [4.69, 9.17) is 21.4 Å². The number of primary amides is 1. The molecule has 5 heterocycles. The number of pyridine rings is 1. The molecule has 6 N–H and O–H groups in total. The third kappa shape index (κ3) is 8.37. The summed E-state index contributed by atoms with van der Waals surface area (Å²) >= 11 is 1.25. The van der Waals surface area contributed by atoms with Crippen LogP contribution >= 0.6 is 11.3 Å². The molecule has 2 aromatic carbocycles. The monoisotopic (exact) mass is 921 g/mol. The summed E-state index contributed by atoms with van der Waals surface area (Å²) in [4.78, 5) is 37.9. The van der Waals surface area contributed by atoms with Gasteiger partial charge in [0.25, 0.3) is 5.92 Å². The van der Waals surface area contributed by atoms with Crippen molar-refractivity contribution >= 4 is 65.4 Å². The lowest BCUT2D eigenvalue weighted by Crippen LogP contribution is -2.45. The topological polar surface area (TPSA) is 209 Å². The number of nitrogens with one attached hydrogen (secondary N) is 2. The lowest BCUT2D eigenvalue weighted by atomic mass is 9.80. The van der Waals surface area contributed by atoms with E-state index in [1.54, 1.807) is 38.2 Å². The zero-order chi connectivity index (χ0) is 45.6. The molecule has 1 aliphatic carbocycles. The fourth-order valence-corrected chi connectivity index (χ4v) is 9.80. The summed E-state index contributed by atoms with van der Waals surface area (Å²) in [7, 11) is -2.26. The molecule has 63 heavy (non-hydrogen) atoms. The van der Waals surface area contributed by atoms with Crippen LogP contribution in [0.25, 0.3) is 32.4 Å². The van der Waals surface area contributed by atoms with Gasteiger partial charge in [-0.3, -0.25) is 23.7 Å². The van der Waals surface area contributed by atoms with Crippen molar-refractivity contribution < 1.29 is 48.7 Å². The quantitative estimate of drug-likeness (QED) is 0.115. The third-order valence-electron chi connectivity index (χ3n) is 11.3. The minimum atomic E-state index is -5.19. The third-order valence-corrected chi connectivity index (χ3v) is 13.0. The normalized spacial score (nSPS) is 17.9. The lowest BCUT2D eigenvalue weighted by molar-refractivity contribution is -0.142. The highest BCUT2D eigenvalue weighted by molar-refractivity contribution is 7.92. The predicted octanol–water partition coefficient (Wildman–Crippen LogP) is 5.80. The molecule has 6 aromatic rings. The summed E-state index contributed by atoms with van der Waals surface area (Å²) in [5, 5.41) is 11.3. The van der Waals surface area contributed by atoms with E-state index < -0.39 is 99.4 Å². The summed E-state index contributed by atoms with van der Waals surface area (Å²) in [6, 6.07) is 6.10. The number of carbonyl (C=O) groups excluding carboxylic acids is 2. The number of nitrogens with two attached hydrogens (primary N) is 2. The zero-order valence-electron chi connectivity index (χ0n) is 33.5. The van der Waals surface area contributed by atoms with Gasteiger partial charge in [0.05, 0.1) is 28.2 Å². The standard InChI is InChI=1S/C39H38F7N11O4S2/c1-37(35(48)59)7-9-56(10-8-37)36-51-34-26(62-36)15-23(21-5-4-6-22-30(21)55(2)53-33(22)54-63(3,60)61)29(50-34)25(13-18-11-19(40)14-20(41)12-18)49-27(58)17-57-32-28(24(47)16-38(32,42)43)31(52-57)39(44,45)46/h4-6,11-12,14-15,24-25H,7-10,13,16-17,47H2,1-3H3,(H2,48,59)(H,49,58)(H,53,54)/t24-,25?/m0/s1. The molecule has 15 nitrogen and oxygen atoms in total. The molecule has 2 atom stereocenters. The Morgan fingerprint density at radius 2 is 1.71 bits per heavy atom. The van der Waals surface area contributed by atoms with E-state index in [-0.39, 0.29) is 33.0 Å². The average Bonchev–Trinajstić information content (AvgIpc) is 3.91. The Balaban J connectivity index is 1.29. The Morgan fingerprint density at radius 3 is 2.35 bits per heavy atom. The first-order chi connectivity index (χ1) is 29.4. The number of aryl methyl sites for hydroxylation is 1. The van der Waals surface area contributed by atoms with Crippen molar-refractivity contribution in [1.82, 2.24) is 34.8 Å². The number of alkyl halides is 5. The molecule has 334 valence electrons. The van der Waals surface area contributed by atoms with Crippen LogP contribution in [0.4, 0.5) is 41.7 Å². The van der Waals surface area contributed by atoms with E-state index >= 15 is 8.78 Å². The van der Waals surface area contributed by atoms with Gasteiger partial charge < -0.3 is 21.7 Å². The Hall–Kier alpha value is -5.88. The van der Waals surface area contributed by atoms with E-state index in [0.717, 1.165) is 18.4 Å². The molecule has 1 fully saturated rings. The van der Waals surface area contributed by atoms with Crippen LogP contribution in [0.2, 0.25) is 0 Å². The molecule has 4 aromatic heterocycles. The molecule has 0 radical (unpaired) electrons. The van der Waals surface area contributed by atoms with Crippen LogP contribution in [0.15, 0.2) is 42.5 Å². The van der Waals surface area contributed by atoms with Crippen LogP contribution in [-0.4, -0.2) is 69.1 Å². The molecule has 0 bridgehead atoms. The molecule has 0 spiro atoms. The number of hydrogen-bond acceptors (Lipinski definition) is 11. The number of para-hydroxylation sites is 1. The number of thiazole rings is 1. The number of carbonyl (C=O) groups is 2. The van der Waals surface area contributed by atoms with Gasteiger partial charge in [0.1, 0.15) is 23.9 Å². The fraction of sp³-hybridized carbons (Fsp3) is 0.385. The number of aromatic nitrogens is 6. The predicted molar refractivity (Wildman–Crippen MR) is 218 cm³/mol. The lowest BCUT2D eigenvalue weighted by Gasteiger charge is -2.36. The number of piperidine rings is 1. The van der Waals surface area contributed by atoms with Gasteiger partial charge in [-0.05, 0) is 49.1 Å². The van der Waals surface area contributed by atoms with Crippen molar-refractivity contribution in [3.63, 3.8) is 0 Å². The van der Waals surface area contributed by atoms with Crippen molar-refractivity contribution in [2.45, 2.75) is 63.3 Å². The Morgan fingerprint density at radius 1 is 1.03 bits per heavy atom. The van der Waals surface area contributed by atoms with Crippen LogP contribution in [0.3, 0.4) is 0 Å².